The number of aryl methyl sites for hydroxylation is 4. The SMILES string of the molecule is CCC1=C(C)c2cc3[n-]c(c(C)c3CC)c(CN(C)C)c3nc(cc4[n-]c(cc1n2)c(C)c4CC)C(C)=C3CC.[Cu+2]. The topological polar surface area (TPSA) is 57.2 Å². The third kappa shape index (κ3) is 5.27. The van der Waals surface area contributed by atoms with E-state index in [1.54, 1.807) is 0 Å². The van der Waals surface area contributed by atoms with Crippen molar-refractivity contribution in [2.45, 2.75) is 87.6 Å². The van der Waals surface area contributed by atoms with Gasteiger partial charge in [-0.1, -0.05) is 68.1 Å². The molecule has 3 aromatic heterocycles. The first-order chi connectivity index (χ1) is 19.1. The van der Waals surface area contributed by atoms with Gasteiger partial charge >= 0.3 is 17.1 Å². The summed E-state index contributed by atoms with van der Waals surface area (Å²) in [7, 11) is 4.25. The van der Waals surface area contributed by atoms with Gasteiger partial charge in [0.2, 0.25) is 0 Å². The van der Waals surface area contributed by atoms with Crippen LogP contribution in [0.15, 0.2) is 18.2 Å². The van der Waals surface area contributed by atoms with Crippen LogP contribution >= 0.6 is 0 Å². The third-order valence-corrected chi connectivity index (χ3v) is 8.76. The molecule has 5 heterocycles. The summed E-state index contributed by atoms with van der Waals surface area (Å²) in [5, 5.41) is 0. The summed E-state index contributed by atoms with van der Waals surface area (Å²) in [6, 6.07) is 6.60. The van der Waals surface area contributed by atoms with Crippen molar-refractivity contribution in [3.63, 3.8) is 0 Å². The summed E-state index contributed by atoms with van der Waals surface area (Å²) in [6.07, 6.45) is 3.70. The summed E-state index contributed by atoms with van der Waals surface area (Å²) in [5.74, 6) is 0. The van der Waals surface area contributed by atoms with Gasteiger partial charge in [-0.05, 0) is 95.3 Å². The van der Waals surface area contributed by atoms with E-state index in [0.29, 0.717) is 0 Å². The van der Waals surface area contributed by atoms with E-state index in [4.69, 9.17) is 19.9 Å². The zero-order valence-corrected chi connectivity index (χ0v) is 27.2. The minimum Gasteiger partial charge on any atom is -0.657 e. The quantitative estimate of drug-likeness (QED) is 0.269. The van der Waals surface area contributed by atoms with Gasteiger partial charge in [0, 0.05) is 6.54 Å². The summed E-state index contributed by atoms with van der Waals surface area (Å²) < 4.78 is 0. The van der Waals surface area contributed by atoms with Gasteiger partial charge in [-0.2, -0.15) is 0 Å². The fraction of sp³-hybridized carbons (Fsp3) is 0.429. The Morgan fingerprint density at radius 2 is 1.15 bits per heavy atom. The molecular formula is C35H43CuN5. The molecule has 3 aromatic rings. The van der Waals surface area contributed by atoms with Crippen LogP contribution in [0.3, 0.4) is 0 Å². The fourth-order valence-corrected chi connectivity index (χ4v) is 6.53. The van der Waals surface area contributed by atoms with Crippen molar-refractivity contribution < 1.29 is 17.1 Å². The van der Waals surface area contributed by atoms with E-state index < -0.39 is 0 Å². The minimum atomic E-state index is 0. The van der Waals surface area contributed by atoms with E-state index >= 15 is 0 Å². The Labute approximate surface area is 256 Å². The van der Waals surface area contributed by atoms with Gasteiger partial charge in [-0.3, -0.25) is 0 Å². The van der Waals surface area contributed by atoms with Crippen molar-refractivity contribution in [1.29, 1.82) is 0 Å². The Hall–Kier alpha value is -2.92. The van der Waals surface area contributed by atoms with Crippen LogP contribution in [-0.2, 0) is 36.5 Å². The molecular weight excluding hydrogens is 554 g/mol. The van der Waals surface area contributed by atoms with E-state index in [0.717, 1.165) is 77.1 Å². The molecule has 0 saturated heterocycles. The molecule has 2 aliphatic rings. The minimum absolute atomic E-state index is 0. The van der Waals surface area contributed by atoms with Crippen molar-refractivity contribution >= 4 is 44.4 Å². The van der Waals surface area contributed by atoms with Crippen LogP contribution in [0.2, 0.25) is 0 Å². The second-order valence-corrected chi connectivity index (χ2v) is 11.4. The fourth-order valence-electron chi connectivity index (χ4n) is 6.53. The molecule has 0 atom stereocenters. The second kappa shape index (κ2) is 12.1. The normalized spacial score (nSPS) is 13.4. The Balaban J connectivity index is 0.00000387. The predicted molar refractivity (Wildman–Crippen MR) is 170 cm³/mol. The number of aromatic nitrogens is 4. The molecule has 0 amide bonds. The monoisotopic (exact) mass is 596 g/mol. The summed E-state index contributed by atoms with van der Waals surface area (Å²) in [5.41, 5.74) is 19.6. The van der Waals surface area contributed by atoms with Crippen LogP contribution in [0, 0.1) is 13.8 Å². The van der Waals surface area contributed by atoms with Crippen molar-refractivity contribution in [1.82, 2.24) is 24.8 Å². The van der Waals surface area contributed by atoms with Crippen molar-refractivity contribution in [3.8, 4) is 0 Å². The predicted octanol–water partition coefficient (Wildman–Crippen LogP) is 8.06. The molecule has 41 heavy (non-hydrogen) atoms. The standard InChI is InChI=1S/C35H43N5.Cu/c1-11-23-20(6)29-16-33-25(13-3)22(8)34(39-33)27(18-40(9)10)35-26(14-4)21(7)30(38-35)17-32-24(12-2)19(5)28(36-32)15-31(23)37-29;/h15-17H,11-14,18H2,1-10H3;/q-2;+2. The average molecular weight is 597 g/mol. The van der Waals surface area contributed by atoms with Gasteiger partial charge in [-0.25, -0.2) is 9.97 Å². The maximum absolute atomic E-state index is 5.33. The largest absolute Gasteiger partial charge is 2.00 e. The van der Waals surface area contributed by atoms with E-state index in [1.807, 2.05) is 0 Å². The first kappa shape index (κ1) is 31.0. The van der Waals surface area contributed by atoms with Crippen LogP contribution < -0.4 is 9.97 Å². The van der Waals surface area contributed by atoms with Crippen LogP contribution in [-0.4, -0.2) is 29.0 Å². The van der Waals surface area contributed by atoms with Gasteiger partial charge in [0.1, 0.15) is 0 Å². The average Bonchev–Trinajstić information content (AvgIpc) is 3.59. The van der Waals surface area contributed by atoms with Crippen LogP contribution in [0.1, 0.15) is 105 Å². The molecule has 0 saturated carbocycles. The van der Waals surface area contributed by atoms with Crippen molar-refractivity contribution in [2.75, 3.05) is 14.1 Å². The molecule has 1 radical (unpaired) electrons. The molecule has 0 aliphatic carbocycles. The Morgan fingerprint density at radius 3 is 1.73 bits per heavy atom. The van der Waals surface area contributed by atoms with Gasteiger partial charge in [0.05, 0.1) is 22.8 Å². The number of hydrogen-bond acceptors (Lipinski definition) is 3. The van der Waals surface area contributed by atoms with E-state index in [-0.39, 0.29) is 17.1 Å². The first-order valence-corrected chi connectivity index (χ1v) is 14.8. The van der Waals surface area contributed by atoms with E-state index in [9.17, 15) is 0 Å². The van der Waals surface area contributed by atoms with E-state index in [1.165, 1.54) is 50.1 Å². The molecule has 0 N–H and O–H groups in total. The molecule has 5 nitrogen and oxygen atoms in total. The van der Waals surface area contributed by atoms with Crippen molar-refractivity contribution in [3.05, 3.63) is 68.8 Å². The molecule has 0 unspecified atom stereocenters. The van der Waals surface area contributed by atoms with Gasteiger partial charge in [-0.15, -0.1) is 22.1 Å². The molecule has 5 rings (SSSR count). The number of hydrogen-bond donors (Lipinski definition) is 0. The molecule has 0 fully saturated rings. The van der Waals surface area contributed by atoms with Crippen LogP contribution in [0.4, 0.5) is 0 Å². The van der Waals surface area contributed by atoms with Crippen LogP contribution in [0.25, 0.3) is 44.4 Å². The number of rotatable bonds is 6. The second-order valence-electron chi connectivity index (χ2n) is 11.4. The third-order valence-electron chi connectivity index (χ3n) is 8.76. The summed E-state index contributed by atoms with van der Waals surface area (Å²) in [6.45, 7) is 18.5. The van der Waals surface area contributed by atoms with E-state index in [2.05, 4.69) is 92.6 Å². The Kier molecular flexibility index (Phi) is 9.18. The molecule has 0 aromatic carbocycles. The Morgan fingerprint density at radius 1 is 0.610 bits per heavy atom. The maximum atomic E-state index is 5.33. The smallest absolute Gasteiger partial charge is 0.657 e. The summed E-state index contributed by atoms with van der Waals surface area (Å²) >= 11 is 0. The molecule has 2 aliphatic heterocycles. The molecule has 0 spiro atoms. The number of fused-ring (bicyclic) bond motifs is 8. The van der Waals surface area contributed by atoms with Gasteiger partial charge < -0.3 is 14.9 Å². The van der Waals surface area contributed by atoms with Crippen LogP contribution in [0.5, 0.6) is 0 Å². The van der Waals surface area contributed by atoms with Gasteiger partial charge in [0.15, 0.2) is 0 Å². The molecule has 8 bridgehead atoms. The zero-order valence-electron chi connectivity index (χ0n) is 26.3. The van der Waals surface area contributed by atoms with Gasteiger partial charge in [0.25, 0.3) is 0 Å². The van der Waals surface area contributed by atoms with Crippen molar-refractivity contribution in [2.24, 2.45) is 0 Å². The molecule has 219 valence electrons. The Bertz CT molecular complexity index is 1730. The maximum Gasteiger partial charge on any atom is 2.00 e. The summed E-state index contributed by atoms with van der Waals surface area (Å²) in [4.78, 5) is 23.2. The first-order valence-electron chi connectivity index (χ1n) is 14.8. The molecule has 6 heteroatoms. The number of allylic oxidation sites excluding steroid dienone is 4. The zero-order chi connectivity index (χ0) is 28.9. The number of nitrogens with zero attached hydrogens (tertiary/aromatic N) is 5.